The van der Waals surface area contributed by atoms with Crippen molar-refractivity contribution in [3.8, 4) is 0 Å². The number of aromatic amines is 1. The Morgan fingerprint density at radius 2 is 1.96 bits per heavy atom. The normalized spacial score (nSPS) is 11.0. The molecular weight excluding hydrogens is 346 g/mol. The molecule has 0 aliphatic rings. The van der Waals surface area contributed by atoms with Crippen LogP contribution in [0.25, 0.3) is 11.0 Å². The summed E-state index contributed by atoms with van der Waals surface area (Å²) in [6.07, 6.45) is 1.88. The molecule has 136 valence electrons. The van der Waals surface area contributed by atoms with Crippen LogP contribution >= 0.6 is 11.8 Å². The average molecular weight is 369 g/mol. The van der Waals surface area contributed by atoms with Gasteiger partial charge in [-0.3, -0.25) is 4.79 Å². The molecule has 1 amide bonds. The lowest BCUT2D eigenvalue weighted by atomic mass is 10.1. The highest BCUT2D eigenvalue weighted by Crippen LogP contribution is 2.23. The van der Waals surface area contributed by atoms with Gasteiger partial charge in [0.1, 0.15) is 0 Å². The number of hydrogen-bond donors (Lipinski definition) is 2. The Labute approximate surface area is 157 Å². The molecule has 0 unspecified atom stereocenters. The van der Waals surface area contributed by atoms with Gasteiger partial charge in [0.25, 0.3) is 5.91 Å². The van der Waals surface area contributed by atoms with Gasteiger partial charge in [0, 0.05) is 31.6 Å². The van der Waals surface area contributed by atoms with Crippen LogP contribution in [0.2, 0.25) is 0 Å². The fourth-order valence-corrected chi connectivity index (χ4v) is 3.42. The van der Waals surface area contributed by atoms with Crippen LogP contribution in [0.1, 0.15) is 28.8 Å². The third-order valence-corrected chi connectivity index (χ3v) is 4.96. The van der Waals surface area contributed by atoms with E-state index in [4.69, 9.17) is 4.74 Å². The number of carbonyl (C=O) groups excluding carboxylic acids is 1. The van der Waals surface area contributed by atoms with Gasteiger partial charge in [-0.05, 0) is 42.7 Å². The summed E-state index contributed by atoms with van der Waals surface area (Å²) in [6, 6.07) is 15.7. The van der Waals surface area contributed by atoms with Gasteiger partial charge >= 0.3 is 0 Å². The quantitative estimate of drug-likeness (QED) is 0.442. The van der Waals surface area contributed by atoms with Gasteiger partial charge in [0.15, 0.2) is 5.16 Å². The second kappa shape index (κ2) is 9.40. The Balaban J connectivity index is 1.48. The second-order valence-corrected chi connectivity index (χ2v) is 6.96. The molecule has 26 heavy (non-hydrogen) atoms. The van der Waals surface area contributed by atoms with Crippen molar-refractivity contribution in [3.63, 3.8) is 0 Å². The number of H-pyrrole nitrogens is 1. The Morgan fingerprint density at radius 3 is 2.73 bits per heavy atom. The second-order valence-electron chi connectivity index (χ2n) is 6.00. The van der Waals surface area contributed by atoms with E-state index in [1.54, 1.807) is 18.9 Å². The number of fused-ring (bicyclic) bond motifs is 1. The van der Waals surface area contributed by atoms with Crippen LogP contribution in [0.15, 0.2) is 53.7 Å². The fraction of sp³-hybridized carbons (Fsp3) is 0.300. The number of aromatic nitrogens is 2. The van der Waals surface area contributed by atoms with Crippen molar-refractivity contribution in [1.82, 2.24) is 15.3 Å². The van der Waals surface area contributed by atoms with Crippen LogP contribution in [0.5, 0.6) is 0 Å². The number of rotatable bonds is 9. The lowest BCUT2D eigenvalue weighted by Gasteiger charge is -2.06. The number of unbranched alkanes of at least 4 members (excludes halogenated alkanes) is 1. The molecule has 3 aromatic rings. The number of nitrogens with one attached hydrogen (secondary N) is 2. The molecule has 0 radical (unpaired) electrons. The van der Waals surface area contributed by atoms with E-state index in [2.05, 4.69) is 15.3 Å². The molecule has 1 heterocycles. The molecule has 2 aromatic carbocycles. The van der Waals surface area contributed by atoms with Crippen molar-refractivity contribution in [2.75, 3.05) is 20.3 Å². The van der Waals surface area contributed by atoms with Gasteiger partial charge in [0.2, 0.25) is 0 Å². The summed E-state index contributed by atoms with van der Waals surface area (Å²) >= 11 is 1.66. The van der Waals surface area contributed by atoms with Crippen LogP contribution in [-0.4, -0.2) is 36.1 Å². The Kier molecular flexibility index (Phi) is 6.68. The number of ether oxygens (including phenoxy) is 1. The van der Waals surface area contributed by atoms with Crippen LogP contribution in [0.3, 0.4) is 0 Å². The topological polar surface area (TPSA) is 67.0 Å². The van der Waals surface area contributed by atoms with Crippen molar-refractivity contribution in [2.45, 2.75) is 23.8 Å². The van der Waals surface area contributed by atoms with Gasteiger partial charge in [-0.25, -0.2) is 4.98 Å². The molecule has 2 N–H and O–H groups in total. The molecule has 1 aromatic heterocycles. The summed E-state index contributed by atoms with van der Waals surface area (Å²) in [5.74, 6) is 0.776. The first kappa shape index (κ1) is 18.5. The summed E-state index contributed by atoms with van der Waals surface area (Å²) in [6.45, 7) is 1.40. The maximum atomic E-state index is 12.1. The maximum absolute atomic E-state index is 12.1. The Morgan fingerprint density at radius 1 is 1.15 bits per heavy atom. The molecule has 0 aliphatic carbocycles. The Hall–Kier alpha value is -2.31. The monoisotopic (exact) mass is 369 g/mol. The molecule has 0 atom stereocenters. The number of thioether (sulfide) groups is 1. The van der Waals surface area contributed by atoms with E-state index in [0.717, 1.165) is 47.0 Å². The summed E-state index contributed by atoms with van der Waals surface area (Å²) in [5.41, 5.74) is 3.88. The summed E-state index contributed by atoms with van der Waals surface area (Å²) < 4.78 is 5.00. The summed E-state index contributed by atoms with van der Waals surface area (Å²) in [7, 11) is 1.69. The Bertz CT molecular complexity index is 813. The average Bonchev–Trinajstić information content (AvgIpc) is 3.09. The molecule has 0 saturated carbocycles. The minimum atomic E-state index is -0.0288. The van der Waals surface area contributed by atoms with Crippen LogP contribution in [0.4, 0.5) is 0 Å². The number of hydrogen-bond acceptors (Lipinski definition) is 4. The minimum absolute atomic E-state index is 0.0288. The van der Waals surface area contributed by atoms with Gasteiger partial charge < -0.3 is 15.0 Å². The largest absolute Gasteiger partial charge is 0.385 e. The molecule has 3 rings (SSSR count). The standard InChI is InChI=1S/C20H23N3O2S/c1-25-13-5-4-12-21-19(24)16-10-8-15(9-11-16)14-26-20-22-17-6-2-3-7-18(17)23-20/h2-3,6-11H,4-5,12-14H2,1H3,(H,21,24)(H,22,23). The summed E-state index contributed by atoms with van der Waals surface area (Å²) in [5, 5.41) is 3.84. The molecule has 6 heteroatoms. The van der Waals surface area contributed by atoms with Crippen LogP contribution < -0.4 is 5.32 Å². The van der Waals surface area contributed by atoms with Crippen molar-refractivity contribution in [3.05, 3.63) is 59.7 Å². The van der Waals surface area contributed by atoms with Crippen molar-refractivity contribution < 1.29 is 9.53 Å². The first-order valence-corrected chi connectivity index (χ1v) is 9.68. The van der Waals surface area contributed by atoms with Gasteiger partial charge in [-0.1, -0.05) is 36.0 Å². The fourth-order valence-electron chi connectivity index (χ4n) is 2.58. The van der Waals surface area contributed by atoms with Crippen LogP contribution in [-0.2, 0) is 10.5 Å². The third kappa shape index (κ3) is 5.09. The highest BCUT2D eigenvalue weighted by Gasteiger charge is 2.06. The van der Waals surface area contributed by atoms with Crippen LogP contribution in [0, 0.1) is 0 Å². The predicted octanol–water partition coefficient (Wildman–Crippen LogP) is 4.01. The first-order valence-electron chi connectivity index (χ1n) is 8.70. The van der Waals surface area contributed by atoms with Gasteiger partial charge in [0.05, 0.1) is 11.0 Å². The number of nitrogens with zero attached hydrogens (tertiary/aromatic N) is 1. The third-order valence-electron chi connectivity index (χ3n) is 4.02. The molecular formula is C20H23N3O2S. The summed E-state index contributed by atoms with van der Waals surface area (Å²) in [4.78, 5) is 20.0. The highest BCUT2D eigenvalue weighted by atomic mass is 32.2. The van der Waals surface area contributed by atoms with Crippen molar-refractivity contribution in [1.29, 1.82) is 0 Å². The SMILES string of the molecule is COCCCCNC(=O)c1ccc(CSc2nc3ccccc3[nH]2)cc1. The van der Waals surface area contributed by atoms with Gasteiger partial charge in [-0.2, -0.15) is 0 Å². The van der Waals surface area contributed by atoms with E-state index in [0.29, 0.717) is 12.1 Å². The predicted molar refractivity (Wildman–Crippen MR) is 106 cm³/mol. The minimum Gasteiger partial charge on any atom is -0.385 e. The van der Waals surface area contributed by atoms with E-state index < -0.39 is 0 Å². The van der Waals surface area contributed by atoms with E-state index in [1.807, 2.05) is 48.5 Å². The lowest BCUT2D eigenvalue weighted by Crippen LogP contribution is -2.24. The molecule has 0 spiro atoms. The number of carbonyl (C=O) groups is 1. The number of benzene rings is 2. The number of amides is 1. The molecule has 0 fully saturated rings. The zero-order chi connectivity index (χ0) is 18.2. The molecule has 5 nitrogen and oxygen atoms in total. The first-order chi connectivity index (χ1) is 12.8. The van der Waals surface area contributed by atoms with Crippen molar-refractivity contribution >= 4 is 28.7 Å². The number of para-hydroxylation sites is 2. The lowest BCUT2D eigenvalue weighted by molar-refractivity contribution is 0.0951. The maximum Gasteiger partial charge on any atom is 0.251 e. The van der Waals surface area contributed by atoms with Gasteiger partial charge in [-0.15, -0.1) is 0 Å². The number of imidazole rings is 1. The zero-order valence-corrected chi connectivity index (χ0v) is 15.6. The molecule has 0 bridgehead atoms. The number of methoxy groups -OCH3 is 1. The van der Waals surface area contributed by atoms with E-state index in [1.165, 1.54) is 0 Å². The highest BCUT2D eigenvalue weighted by molar-refractivity contribution is 7.98. The smallest absolute Gasteiger partial charge is 0.251 e. The van der Waals surface area contributed by atoms with E-state index in [-0.39, 0.29) is 5.91 Å². The van der Waals surface area contributed by atoms with E-state index >= 15 is 0 Å². The van der Waals surface area contributed by atoms with Crippen molar-refractivity contribution in [2.24, 2.45) is 0 Å². The zero-order valence-electron chi connectivity index (χ0n) is 14.8. The van der Waals surface area contributed by atoms with E-state index in [9.17, 15) is 4.79 Å². The molecule has 0 aliphatic heterocycles. The molecule has 0 saturated heterocycles.